The number of aromatic nitrogens is 1. The summed E-state index contributed by atoms with van der Waals surface area (Å²) >= 11 is 1.51. The third-order valence-corrected chi connectivity index (χ3v) is 6.42. The fraction of sp³-hybridized carbons (Fsp3) is 0.478. The Kier molecular flexibility index (Phi) is 11.7. The summed E-state index contributed by atoms with van der Waals surface area (Å²) in [4.78, 5) is 39.8. The normalized spacial score (nSPS) is 19.8. The van der Waals surface area contributed by atoms with E-state index in [0.717, 1.165) is 44.1 Å². The van der Waals surface area contributed by atoms with Gasteiger partial charge in [0.2, 0.25) is 0 Å². The number of carbonyl (C=O) groups is 3. The molecular formula is C23H25F6N3O6S. The van der Waals surface area contributed by atoms with Crippen LogP contribution in [0.4, 0.5) is 26.3 Å². The lowest BCUT2D eigenvalue weighted by Crippen LogP contribution is -2.48. The number of alkyl halides is 6. The number of nitrogens with zero attached hydrogens (tertiary/aromatic N) is 3. The van der Waals surface area contributed by atoms with E-state index >= 15 is 0 Å². The lowest BCUT2D eigenvalue weighted by atomic mass is 9.93. The Bertz CT molecular complexity index is 1040. The molecule has 4 heterocycles. The van der Waals surface area contributed by atoms with Crippen LogP contribution in [0.3, 0.4) is 0 Å². The highest BCUT2D eigenvalue weighted by Gasteiger charge is 2.39. The van der Waals surface area contributed by atoms with E-state index in [1.165, 1.54) is 16.9 Å². The van der Waals surface area contributed by atoms with Crippen LogP contribution in [0.2, 0.25) is 0 Å². The lowest BCUT2D eigenvalue weighted by molar-refractivity contribution is -0.193. The van der Waals surface area contributed by atoms with E-state index in [4.69, 9.17) is 24.5 Å². The van der Waals surface area contributed by atoms with Gasteiger partial charge in [-0.15, -0.1) is 11.3 Å². The summed E-state index contributed by atoms with van der Waals surface area (Å²) in [5.74, 6) is -4.87. The number of halogens is 6. The van der Waals surface area contributed by atoms with Gasteiger partial charge in [-0.05, 0) is 29.5 Å². The van der Waals surface area contributed by atoms with Crippen LogP contribution in [0.25, 0.3) is 0 Å². The van der Waals surface area contributed by atoms with E-state index in [-0.39, 0.29) is 12.0 Å². The van der Waals surface area contributed by atoms with E-state index in [2.05, 4.69) is 16.0 Å². The summed E-state index contributed by atoms with van der Waals surface area (Å²) in [5, 5.41) is 16.2. The highest BCUT2D eigenvalue weighted by Crippen LogP contribution is 2.26. The van der Waals surface area contributed by atoms with Gasteiger partial charge in [-0.3, -0.25) is 14.7 Å². The average Bonchev–Trinajstić information content (AvgIpc) is 3.32. The Hall–Kier alpha value is -3.24. The number of carbonyl (C=O) groups excluding carboxylic acids is 1. The molecule has 2 atom stereocenters. The molecule has 2 saturated heterocycles. The van der Waals surface area contributed by atoms with Crippen LogP contribution >= 0.6 is 11.3 Å². The second kappa shape index (κ2) is 14.2. The number of ether oxygens (including phenoxy) is 1. The maximum atomic E-state index is 12.6. The molecule has 4 rings (SSSR count). The molecule has 0 bridgehead atoms. The zero-order chi connectivity index (χ0) is 29.2. The largest absolute Gasteiger partial charge is 0.490 e. The Balaban J connectivity index is 0.000000317. The average molecular weight is 586 g/mol. The van der Waals surface area contributed by atoms with Crippen LogP contribution in [0.5, 0.6) is 0 Å². The highest BCUT2D eigenvalue weighted by atomic mass is 32.1. The van der Waals surface area contributed by atoms with Crippen molar-refractivity contribution in [2.75, 3.05) is 32.8 Å². The molecule has 1 amide bonds. The number of thiophene rings is 1. The van der Waals surface area contributed by atoms with Gasteiger partial charge in [-0.1, -0.05) is 12.1 Å². The zero-order valence-corrected chi connectivity index (χ0v) is 21.0. The molecule has 0 radical (unpaired) electrons. The number of hydrogen-bond acceptors (Lipinski definition) is 7. The van der Waals surface area contributed by atoms with Crippen LogP contribution in [0, 0.1) is 5.92 Å². The first-order valence-corrected chi connectivity index (χ1v) is 12.2. The quantitative estimate of drug-likeness (QED) is 0.523. The maximum absolute atomic E-state index is 12.6. The molecular weight excluding hydrogens is 560 g/mol. The Morgan fingerprint density at radius 2 is 1.64 bits per heavy atom. The lowest BCUT2D eigenvalue weighted by Gasteiger charge is -2.37. The van der Waals surface area contributed by atoms with Gasteiger partial charge >= 0.3 is 24.3 Å². The summed E-state index contributed by atoms with van der Waals surface area (Å²) in [5.41, 5.74) is 1.24. The van der Waals surface area contributed by atoms with Gasteiger partial charge in [0.05, 0.1) is 17.6 Å². The molecule has 2 fully saturated rings. The summed E-state index contributed by atoms with van der Waals surface area (Å²) in [6, 6.07) is 7.95. The topological polar surface area (TPSA) is 120 Å². The van der Waals surface area contributed by atoms with E-state index in [1.54, 1.807) is 0 Å². The third-order valence-electron chi connectivity index (χ3n) is 5.56. The Labute approximate surface area is 222 Å². The van der Waals surface area contributed by atoms with Crippen molar-refractivity contribution in [1.29, 1.82) is 0 Å². The van der Waals surface area contributed by atoms with Gasteiger partial charge in [0.25, 0.3) is 5.91 Å². The van der Waals surface area contributed by atoms with Crippen LogP contribution in [0.1, 0.15) is 21.7 Å². The van der Waals surface area contributed by atoms with Crippen LogP contribution < -0.4 is 0 Å². The molecule has 16 heteroatoms. The fourth-order valence-corrected chi connectivity index (χ4v) is 4.44. The molecule has 216 valence electrons. The second-order valence-electron chi connectivity index (χ2n) is 8.39. The van der Waals surface area contributed by atoms with Crippen LogP contribution in [0.15, 0.2) is 42.0 Å². The van der Waals surface area contributed by atoms with Crippen molar-refractivity contribution in [3.63, 3.8) is 0 Å². The van der Waals surface area contributed by atoms with Gasteiger partial charge in [0.1, 0.15) is 0 Å². The zero-order valence-electron chi connectivity index (χ0n) is 20.2. The van der Waals surface area contributed by atoms with Gasteiger partial charge in [0, 0.05) is 51.0 Å². The van der Waals surface area contributed by atoms with Crippen molar-refractivity contribution >= 4 is 29.2 Å². The smallest absolute Gasteiger partial charge is 0.475 e. The van der Waals surface area contributed by atoms with E-state index in [1.807, 2.05) is 40.9 Å². The fourth-order valence-electron chi connectivity index (χ4n) is 3.75. The summed E-state index contributed by atoms with van der Waals surface area (Å²) in [7, 11) is 0. The van der Waals surface area contributed by atoms with E-state index in [0.29, 0.717) is 12.5 Å². The van der Waals surface area contributed by atoms with Crippen LogP contribution in [-0.2, 0) is 20.9 Å². The number of hydrogen-bond donors (Lipinski definition) is 2. The van der Waals surface area contributed by atoms with E-state index < -0.39 is 24.3 Å². The molecule has 2 aliphatic heterocycles. The minimum absolute atomic E-state index is 0.147. The molecule has 0 unspecified atom stereocenters. The predicted molar refractivity (Wildman–Crippen MR) is 125 cm³/mol. The van der Waals surface area contributed by atoms with Crippen molar-refractivity contribution in [2.24, 2.45) is 5.92 Å². The molecule has 2 aromatic rings. The Morgan fingerprint density at radius 3 is 2.15 bits per heavy atom. The number of carboxylic acids is 2. The SMILES string of the molecule is O=C(O)C(F)(F)F.O=C(O)C(F)(F)F.O=C(c1cccs1)N1CC[C@@H]2CN(Cc3cccnc3)CCO[C@@H]2C1. The van der Waals surface area contributed by atoms with Crippen molar-refractivity contribution < 1.29 is 55.7 Å². The number of rotatable bonds is 3. The van der Waals surface area contributed by atoms with Crippen molar-refractivity contribution in [1.82, 2.24) is 14.8 Å². The van der Waals surface area contributed by atoms with Crippen molar-refractivity contribution in [2.45, 2.75) is 31.4 Å². The number of amides is 1. The third kappa shape index (κ3) is 10.8. The van der Waals surface area contributed by atoms with Crippen LogP contribution in [-0.4, -0.2) is 94.1 Å². The number of likely N-dealkylation sites (tertiary alicyclic amines) is 1. The number of carboxylic acid groups (broad SMARTS) is 2. The summed E-state index contributed by atoms with van der Waals surface area (Å²) in [6.45, 7) is 5.13. The van der Waals surface area contributed by atoms with Crippen molar-refractivity contribution in [3.05, 3.63) is 52.5 Å². The molecule has 0 saturated carbocycles. The van der Waals surface area contributed by atoms with E-state index in [9.17, 15) is 31.1 Å². The second-order valence-corrected chi connectivity index (χ2v) is 9.34. The number of piperidine rings is 1. The molecule has 39 heavy (non-hydrogen) atoms. The van der Waals surface area contributed by atoms with Gasteiger partial charge < -0.3 is 19.8 Å². The minimum atomic E-state index is -5.08. The molecule has 2 N–H and O–H groups in total. The number of pyridine rings is 1. The van der Waals surface area contributed by atoms with Crippen molar-refractivity contribution in [3.8, 4) is 0 Å². The first-order valence-electron chi connectivity index (χ1n) is 11.3. The number of aliphatic carboxylic acids is 2. The molecule has 9 nitrogen and oxygen atoms in total. The summed E-state index contributed by atoms with van der Waals surface area (Å²) < 4.78 is 69.6. The first kappa shape index (κ1) is 32.0. The predicted octanol–water partition coefficient (Wildman–Crippen LogP) is 3.77. The van der Waals surface area contributed by atoms with Gasteiger partial charge in [-0.2, -0.15) is 26.3 Å². The van der Waals surface area contributed by atoms with Gasteiger partial charge in [-0.25, -0.2) is 9.59 Å². The first-order chi connectivity index (χ1) is 18.2. The molecule has 2 aromatic heterocycles. The maximum Gasteiger partial charge on any atom is 0.490 e. The molecule has 0 aromatic carbocycles. The Morgan fingerprint density at radius 1 is 1.00 bits per heavy atom. The minimum Gasteiger partial charge on any atom is -0.475 e. The summed E-state index contributed by atoms with van der Waals surface area (Å²) in [6.07, 6.45) is -5.26. The standard InChI is InChI=1S/C19H23N3O2S.2C2HF3O2/c23-19(18-4-2-10-25-18)22-7-5-16-13-21(8-9-24-17(16)14-22)12-15-3-1-6-20-11-15;2*3-2(4,5)1(6)7/h1-4,6,10-11,16-17H,5,7-9,12-14H2;2*(H,6,7)/t16-,17-;;/m1../s1. The highest BCUT2D eigenvalue weighted by molar-refractivity contribution is 7.12. The monoisotopic (exact) mass is 585 g/mol. The molecule has 0 aliphatic carbocycles. The molecule has 2 aliphatic rings. The molecule has 0 spiro atoms. The number of fused-ring (bicyclic) bond motifs is 1. The van der Waals surface area contributed by atoms with Gasteiger partial charge in [0.15, 0.2) is 0 Å².